The second-order valence-electron chi connectivity index (χ2n) is 4.76. The Morgan fingerprint density at radius 3 is 2.12 bits per heavy atom. The van der Waals surface area contributed by atoms with E-state index in [-0.39, 0.29) is 12.2 Å². The zero-order valence-corrected chi connectivity index (χ0v) is 12.0. The van der Waals surface area contributed by atoms with Crippen LogP contribution in [0.2, 0.25) is 0 Å². The highest BCUT2D eigenvalue weighted by Crippen LogP contribution is 2.54. The van der Waals surface area contributed by atoms with Gasteiger partial charge in [0.05, 0.1) is 12.2 Å². The largest absolute Gasteiger partial charge is 0.530 e. The van der Waals surface area contributed by atoms with Crippen LogP contribution in [0, 0.1) is 0 Å². The summed E-state index contributed by atoms with van der Waals surface area (Å²) < 4.78 is 28.5. The Morgan fingerprint density at radius 2 is 1.71 bits per heavy atom. The summed E-state index contributed by atoms with van der Waals surface area (Å²) >= 11 is 0. The lowest BCUT2D eigenvalue weighted by Crippen LogP contribution is -2.10. The minimum Gasteiger partial charge on any atom is -0.409 e. The van der Waals surface area contributed by atoms with Gasteiger partial charge in [-0.15, -0.1) is 0 Å². The van der Waals surface area contributed by atoms with Gasteiger partial charge in [-0.05, 0) is 53.0 Å². The Balaban J connectivity index is 2.68. The van der Waals surface area contributed by atoms with E-state index in [1.165, 1.54) is 0 Å². The van der Waals surface area contributed by atoms with Crippen molar-refractivity contribution in [1.29, 1.82) is 0 Å². The number of allylic oxidation sites excluding steroid dienone is 2. The molecule has 1 aliphatic rings. The fourth-order valence-electron chi connectivity index (χ4n) is 1.62. The Kier molecular flexibility index (Phi) is 5.71. The van der Waals surface area contributed by atoms with Gasteiger partial charge in [0.25, 0.3) is 0 Å². The monoisotopic (exact) mass is 262 g/mol. The van der Waals surface area contributed by atoms with Crippen molar-refractivity contribution in [2.75, 3.05) is 0 Å². The lowest BCUT2D eigenvalue weighted by atomic mass is 10.1. The molecule has 100 valence electrons. The lowest BCUT2D eigenvalue weighted by Gasteiger charge is -2.24. The Bertz CT molecular complexity index is 296. The molecule has 0 aromatic heterocycles. The summed E-state index contributed by atoms with van der Waals surface area (Å²) in [5, 5.41) is 0. The molecular formula is C12H23O4P. The van der Waals surface area contributed by atoms with Gasteiger partial charge in [-0.3, -0.25) is 9.05 Å². The lowest BCUT2D eigenvalue weighted by molar-refractivity contribution is 0.0859. The topological polar surface area (TPSA) is 44.8 Å². The van der Waals surface area contributed by atoms with Crippen LogP contribution < -0.4 is 0 Å². The molecular weight excluding hydrogens is 239 g/mol. The Morgan fingerprint density at radius 1 is 1.12 bits per heavy atom. The minimum absolute atomic E-state index is 0.191. The van der Waals surface area contributed by atoms with Crippen molar-refractivity contribution in [1.82, 2.24) is 0 Å². The summed E-state index contributed by atoms with van der Waals surface area (Å²) in [7, 11) is -3.47. The van der Waals surface area contributed by atoms with Gasteiger partial charge in [-0.2, -0.15) is 0 Å². The SMILES string of the molecule is CC(C)OP(=O)(OC1=CCCCC1)OC(C)C. The van der Waals surface area contributed by atoms with Gasteiger partial charge in [0.15, 0.2) is 0 Å². The normalized spacial score (nSPS) is 17.4. The quantitative estimate of drug-likeness (QED) is 0.665. The summed E-state index contributed by atoms with van der Waals surface area (Å²) in [6.07, 6.45) is 5.60. The van der Waals surface area contributed by atoms with Crippen molar-refractivity contribution in [2.45, 2.75) is 65.6 Å². The average molecular weight is 262 g/mol. The van der Waals surface area contributed by atoms with Crippen LogP contribution in [0.3, 0.4) is 0 Å². The van der Waals surface area contributed by atoms with Gasteiger partial charge in [0.1, 0.15) is 5.76 Å². The molecule has 0 amide bonds. The van der Waals surface area contributed by atoms with Crippen LogP contribution in [0.15, 0.2) is 11.8 Å². The smallest absolute Gasteiger partial charge is 0.409 e. The van der Waals surface area contributed by atoms with E-state index in [0.29, 0.717) is 0 Å². The van der Waals surface area contributed by atoms with Crippen LogP contribution in [0.1, 0.15) is 53.4 Å². The first kappa shape index (κ1) is 14.7. The van der Waals surface area contributed by atoms with E-state index in [4.69, 9.17) is 13.6 Å². The van der Waals surface area contributed by atoms with Gasteiger partial charge in [0.2, 0.25) is 0 Å². The van der Waals surface area contributed by atoms with E-state index in [2.05, 4.69) is 0 Å². The van der Waals surface area contributed by atoms with E-state index in [9.17, 15) is 4.57 Å². The number of hydrogen-bond acceptors (Lipinski definition) is 4. The van der Waals surface area contributed by atoms with Gasteiger partial charge >= 0.3 is 7.82 Å². The van der Waals surface area contributed by atoms with Gasteiger partial charge < -0.3 is 4.52 Å². The van der Waals surface area contributed by atoms with Crippen LogP contribution in [0.25, 0.3) is 0 Å². The first-order chi connectivity index (χ1) is 7.91. The molecule has 4 nitrogen and oxygen atoms in total. The van der Waals surface area contributed by atoms with Gasteiger partial charge in [-0.25, -0.2) is 4.57 Å². The van der Waals surface area contributed by atoms with Crippen molar-refractivity contribution in [3.8, 4) is 0 Å². The molecule has 0 atom stereocenters. The maximum atomic E-state index is 12.4. The van der Waals surface area contributed by atoms with E-state index in [1.807, 2.05) is 33.8 Å². The van der Waals surface area contributed by atoms with Crippen LogP contribution in [0.4, 0.5) is 0 Å². The predicted octanol–water partition coefficient (Wildman–Crippen LogP) is 4.42. The van der Waals surface area contributed by atoms with E-state index in [1.54, 1.807) is 0 Å². The van der Waals surface area contributed by atoms with E-state index < -0.39 is 7.82 Å². The molecule has 0 bridgehead atoms. The fraction of sp³-hybridized carbons (Fsp3) is 0.833. The van der Waals surface area contributed by atoms with Crippen LogP contribution in [0.5, 0.6) is 0 Å². The second kappa shape index (κ2) is 6.58. The molecule has 1 aliphatic carbocycles. The van der Waals surface area contributed by atoms with Crippen molar-refractivity contribution in [3.63, 3.8) is 0 Å². The number of hydrogen-bond donors (Lipinski definition) is 0. The highest BCUT2D eigenvalue weighted by Gasteiger charge is 2.32. The maximum absolute atomic E-state index is 12.4. The molecule has 0 aliphatic heterocycles. The van der Waals surface area contributed by atoms with E-state index in [0.717, 1.165) is 31.4 Å². The minimum atomic E-state index is -3.47. The standard InChI is InChI=1S/C12H23O4P/c1-10(2)14-17(13,15-11(3)4)16-12-8-6-5-7-9-12/h8,10-11H,5-7,9H2,1-4H3. The molecule has 5 heteroatoms. The Labute approximate surface area is 104 Å². The van der Waals surface area contributed by atoms with Crippen molar-refractivity contribution in [2.24, 2.45) is 0 Å². The van der Waals surface area contributed by atoms with Crippen LogP contribution in [-0.4, -0.2) is 12.2 Å². The first-order valence-electron chi connectivity index (χ1n) is 6.27. The molecule has 0 saturated heterocycles. The second-order valence-corrected chi connectivity index (χ2v) is 6.26. The fourth-order valence-corrected chi connectivity index (χ4v) is 3.24. The van der Waals surface area contributed by atoms with Crippen LogP contribution >= 0.6 is 7.82 Å². The third-order valence-electron chi connectivity index (χ3n) is 2.16. The molecule has 0 heterocycles. The van der Waals surface area contributed by atoms with Crippen molar-refractivity contribution < 1.29 is 18.1 Å². The molecule has 0 saturated carbocycles. The highest BCUT2D eigenvalue weighted by atomic mass is 31.2. The number of phosphoric ester groups is 1. The molecule has 0 fully saturated rings. The first-order valence-corrected chi connectivity index (χ1v) is 7.73. The Hall–Kier alpha value is -0.310. The molecule has 1 rings (SSSR count). The zero-order chi connectivity index (χ0) is 12.9. The summed E-state index contributed by atoms with van der Waals surface area (Å²) in [6, 6.07) is 0. The number of rotatable bonds is 6. The van der Waals surface area contributed by atoms with Crippen molar-refractivity contribution >= 4 is 7.82 Å². The molecule has 0 unspecified atom stereocenters. The molecule has 0 aromatic carbocycles. The molecule has 0 spiro atoms. The van der Waals surface area contributed by atoms with Crippen LogP contribution in [-0.2, 0) is 18.1 Å². The average Bonchev–Trinajstić information content (AvgIpc) is 2.15. The molecule has 0 aromatic rings. The molecule has 17 heavy (non-hydrogen) atoms. The third kappa shape index (κ3) is 5.71. The van der Waals surface area contributed by atoms with Gasteiger partial charge in [0, 0.05) is 6.42 Å². The molecule has 0 N–H and O–H groups in total. The maximum Gasteiger partial charge on any atom is 0.530 e. The summed E-state index contributed by atoms with van der Waals surface area (Å²) in [5.41, 5.74) is 0. The highest BCUT2D eigenvalue weighted by molar-refractivity contribution is 7.48. The van der Waals surface area contributed by atoms with E-state index >= 15 is 0 Å². The molecule has 0 radical (unpaired) electrons. The predicted molar refractivity (Wildman–Crippen MR) is 67.7 cm³/mol. The summed E-state index contributed by atoms with van der Waals surface area (Å²) in [5.74, 6) is 0.737. The van der Waals surface area contributed by atoms with Gasteiger partial charge in [-0.1, -0.05) is 0 Å². The zero-order valence-electron chi connectivity index (χ0n) is 11.1. The summed E-state index contributed by atoms with van der Waals surface area (Å²) in [6.45, 7) is 7.26. The summed E-state index contributed by atoms with van der Waals surface area (Å²) in [4.78, 5) is 0. The number of phosphoric acid groups is 1. The van der Waals surface area contributed by atoms with Crippen molar-refractivity contribution in [3.05, 3.63) is 11.8 Å². The third-order valence-corrected chi connectivity index (χ3v) is 3.98.